The normalized spacial score (nSPS) is 10.6. The summed E-state index contributed by atoms with van der Waals surface area (Å²) < 4.78 is 14.3. The summed E-state index contributed by atoms with van der Waals surface area (Å²) in [6.45, 7) is 0. The van der Waals surface area contributed by atoms with Crippen molar-refractivity contribution in [2.45, 2.75) is 0 Å². The second kappa shape index (κ2) is 5.57. The number of hydrogen-bond donors (Lipinski definition) is 1. The van der Waals surface area contributed by atoms with Crippen molar-refractivity contribution in [1.29, 1.82) is 0 Å². The van der Waals surface area contributed by atoms with Gasteiger partial charge in [-0.25, -0.2) is 4.39 Å². The molecule has 3 aromatic rings. The fourth-order valence-corrected chi connectivity index (χ4v) is 2.22. The van der Waals surface area contributed by atoms with E-state index in [2.05, 4.69) is 31.2 Å². The minimum atomic E-state index is -0.502. The highest BCUT2D eigenvalue weighted by Crippen LogP contribution is 2.20. The van der Waals surface area contributed by atoms with Crippen LogP contribution in [0.15, 0.2) is 53.3 Å². The van der Waals surface area contributed by atoms with Crippen LogP contribution in [-0.4, -0.2) is 15.9 Å². The molecule has 1 heterocycles. The fraction of sp³-hybridized carbons (Fsp3) is 0. The number of benzene rings is 2. The summed E-state index contributed by atoms with van der Waals surface area (Å²) in [5.41, 5.74) is 1.83. The zero-order chi connectivity index (χ0) is 14.8. The lowest BCUT2D eigenvalue weighted by atomic mass is 10.1. The van der Waals surface area contributed by atoms with Gasteiger partial charge < -0.3 is 5.32 Å². The number of nitrogens with zero attached hydrogens (tertiary/aromatic N) is 2. The molecule has 0 spiro atoms. The van der Waals surface area contributed by atoms with Gasteiger partial charge in [0.1, 0.15) is 5.82 Å². The van der Waals surface area contributed by atoms with Gasteiger partial charge in [0, 0.05) is 22.4 Å². The quantitative estimate of drug-likeness (QED) is 0.768. The SMILES string of the molecule is O=C(Nc1ccc(Br)cc1F)c1ccc2nccnc2c1. The lowest BCUT2D eigenvalue weighted by molar-refractivity contribution is 0.102. The highest BCUT2D eigenvalue weighted by molar-refractivity contribution is 9.10. The molecule has 104 valence electrons. The average Bonchev–Trinajstić information content (AvgIpc) is 2.49. The number of hydrogen-bond acceptors (Lipinski definition) is 3. The van der Waals surface area contributed by atoms with Crippen molar-refractivity contribution in [1.82, 2.24) is 9.97 Å². The van der Waals surface area contributed by atoms with Crippen LogP contribution in [0.3, 0.4) is 0 Å². The van der Waals surface area contributed by atoms with Crippen molar-refractivity contribution < 1.29 is 9.18 Å². The maximum Gasteiger partial charge on any atom is 0.255 e. The van der Waals surface area contributed by atoms with Gasteiger partial charge >= 0.3 is 0 Å². The molecule has 1 amide bonds. The minimum Gasteiger partial charge on any atom is -0.319 e. The highest BCUT2D eigenvalue weighted by Gasteiger charge is 2.10. The summed E-state index contributed by atoms with van der Waals surface area (Å²) in [6.07, 6.45) is 3.14. The molecule has 0 aliphatic carbocycles. The maximum atomic E-state index is 13.7. The van der Waals surface area contributed by atoms with Crippen molar-refractivity contribution in [2.75, 3.05) is 5.32 Å². The first-order valence-corrected chi connectivity index (χ1v) is 6.90. The van der Waals surface area contributed by atoms with E-state index >= 15 is 0 Å². The lowest BCUT2D eigenvalue weighted by Gasteiger charge is -2.07. The van der Waals surface area contributed by atoms with Gasteiger partial charge in [-0.3, -0.25) is 14.8 Å². The summed E-state index contributed by atoms with van der Waals surface area (Å²) in [5, 5.41) is 2.54. The molecule has 2 aromatic carbocycles. The Kier molecular flexibility index (Phi) is 3.62. The third-order valence-electron chi connectivity index (χ3n) is 2.91. The Morgan fingerprint density at radius 1 is 1.05 bits per heavy atom. The van der Waals surface area contributed by atoms with Crippen molar-refractivity contribution in [3.63, 3.8) is 0 Å². The molecule has 0 unspecified atom stereocenters. The molecule has 6 heteroatoms. The Balaban J connectivity index is 1.89. The van der Waals surface area contributed by atoms with Gasteiger partial charge in [0.25, 0.3) is 5.91 Å². The number of fused-ring (bicyclic) bond motifs is 1. The second-order valence-corrected chi connectivity index (χ2v) is 5.25. The molecule has 4 nitrogen and oxygen atoms in total. The number of halogens is 2. The van der Waals surface area contributed by atoms with Crippen molar-refractivity contribution in [3.8, 4) is 0 Å². The van der Waals surface area contributed by atoms with E-state index in [1.165, 1.54) is 12.1 Å². The van der Waals surface area contributed by atoms with Crippen LogP contribution >= 0.6 is 15.9 Å². The standard InChI is InChI=1S/C15H9BrFN3O/c16-10-2-4-12(11(17)8-10)20-15(21)9-1-3-13-14(7-9)19-6-5-18-13/h1-8H,(H,20,21). The first-order chi connectivity index (χ1) is 10.1. The molecule has 21 heavy (non-hydrogen) atoms. The molecule has 0 fully saturated rings. The van der Waals surface area contributed by atoms with Crippen molar-refractivity contribution in [3.05, 3.63) is 64.6 Å². The van der Waals surface area contributed by atoms with E-state index < -0.39 is 11.7 Å². The summed E-state index contributed by atoms with van der Waals surface area (Å²) >= 11 is 3.17. The van der Waals surface area contributed by atoms with E-state index in [0.29, 0.717) is 21.1 Å². The second-order valence-electron chi connectivity index (χ2n) is 4.34. The monoisotopic (exact) mass is 345 g/mol. The topological polar surface area (TPSA) is 54.9 Å². The van der Waals surface area contributed by atoms with Crippen LogP contribution in [0, 0.1) is 5.82 Å². The lowest BCUT2D eigenvalue weighted by Crippen LogP contribution is -2.13. The zero-order valence-corrected chi connectivity index (χ0v) is 12.3. The first kappa shape index (κ1) is 13.6. The third-order valence-corrected chi connectivity index (χ3v) is 3.40. The number of rotatable bonds is 2. The number of aromatic nitrogens is 2. The van der Waals surface area contributed by atoms with E-state index in [-0.39, 0.29) is 5.69 Å². The van der Waals surface area contributed by atoms with Crippen LogP contribution in [0.2, 0.25) is 0 Å². The van der Waals surface area contributed by atoms with Gasteiger partial charge in [-0.2, -0.15) is 0 Å². The van der Waals surface area contributed by atoms with Crippen LogP contribution < -0.4 is 5.32 Å². The molecule has 0 saturated carbocycles. The van der Waals surface area contributed by atoms with E-state index in [1.807, 2.05) is 0 Å². The van der Waals surface area contributed by atoms with Gasteiger partial charge in [-0.15, -0.1) is 0 Å². The average molecular weight is 346 g/mol. The van der Waals surface area contributed by atoms with Crippen LogP contribution in [0.1, 0.15) is 10.4 Å². The van der Waals surface area contributed by atoms with E-state index in [4.69, 9.17) is 0 Å². The molecule has 1 N–H and O–H groups in total. The molecule has 0 atom stereocenters. The predicted molar refractivity (Wildman–Crippen MR) is 81.6 cm³/mol. The molecule has 1 aromatic heterocycles. The Morgan fingerprint density at radius 2 is 1.81 bits per heavy atom. The smallest absolute Gasteiger partial charge is 0.255 e. The van der Waals surface area contributed by atoms with E-state index in [0.717, 1.165) is 0 Å². The molecule has 0 aliphatic heterocycles. The number of carbonyl (C=O) groups is 1. The number of anilines is 1. The molecule has 3 rings (SSSR count). The Bertz CT molecular complexity index is 838. The Hall–Kier alpha value is -2.34. The zero-order valence-electron chi connectivity index (χ0n) is 10.7. The summed E-state index contributed by atoms with van der Waals surface area (Å²) in [5.74, 6) is -0.901. The summed E-state index contributed by atoms with van der Waals surface area (Å²) in [7, 11) is 0. The first-order valence-electron chi connectivity index (χ1n) is 6.11. The molecule has 0 bridgehead atoms. The van der Waals surface area contributed by atoms with Crippen molar-refractivity contribution in [2.24, 2.45) is 0 Å². The van der Waals surface area contributed by atoms with E-state index in [1.54, 1.807) is 36.7 Å². The number of amides is 1. The molecular formula is C15H9BrFN3O. The molecular weight excluding hydrogens is 337 g/mol. The van der Waals surface area contributed by atoms with Gasteiger partial charge in [0.05, 0.1) is 16.7 Å². The van der Waals surface area contributed by atoms with Crippen molar-refractivity contribution >= 4 is 38.6 Å². The Labute approximate surface area is 128 Å². The minimum absolute atomic E-state index is 0.127. The van der Waals surface area contributed by atoms with Gasteiger partial charge in [-0.05, 0) is 36.4 Å². The maximum absolute atomic E-state index is 13.7. The van der Waals surface area contributed by atoms with Gasteiger partial charge in [0.2, 0.25) is 0 Å². The highest BCUT2D eigenvalue weighted by atomic mass is 79.9. The Morgan fingerprint density at radius 3 is 2.57 bits per heavy atom. The van der Waals surface area contributed by atoms with Crippen LogP contribution in [-0.2, 0) is 0 Å². The third kappa shape index (κ3) is 2.90. The summed E-state index contributed by atoms with van der Waals surface area (Å²) in [6, 6.07) is 9.40. The van der Waals surface area contributed by atoms with Gasteiger partial charge in [-0.1, -0.05) is 15.9 Å². The number of carbonyl (C=O) groups excluding carboxylic acids is 1. The molecule has 0 radical (unpaired) electrons. The van der Waals surface area contributed by atoms with Gasteiger partial charge in [0.15, 0.2) is 0 Å². The predicted octanol–water partition coefficient (Wildman–Crippen LogP) is 3.78. The van der Waals surface area contributed by atoms with Crippen LogP contribution in [0.25, 0.3) is 11.0 Å². The molecule has 0 aliphatic rings. The van der Waals surface area contributed by atoms with Crippen LogP contribution in [0.5, 0.6) is 0 Å². The summed E-state index contributed by atoms with van der Waals surface area (Å²) in [4.78, 5) is 20.4. The fourth-order valence-electron chi connectivity index (χ4n) is 1.89. The van der Waals surface area contributed by atoms with Crippen LogP contribution in [0.4, 0.5) is 10.1 Å². The largest absolute Gasteiger partial charge is 0.319 e. The molecule has 0 saturated heterocycles. The van der Waals surface area contributed by atoms with E-state index in [9.17, 15) is 9.18 Å². The number of nitrogens with one attached hydrogen (secondary N) is 1.